The number of aromatic nitrogens is 1. The van der Waals surface area contributed by atoms with Crippen molar-refractivity contribution in [2.24, 2.45) is 0 Å². The summed E-state index contributed by atoms with van der Waals surface area (Å²) in [6.45, 7) is 1.19. The van der Waals surface area contributed by atoms with Crippen LogP contribution in [0.2, 0.25) is 0 Å². The summed E-state index contributed by atoms with van der Waals surface area (Å²) < 4.78 is 0. The Balaban J connectivity index is 2.68. The van der Waals surface area contributed by atoms with Crippen LogP contribution in [0.4, 0.5) is 0 Å². The van der Waals surface area contributed by atoms with E-state index in [0.717, 1.165) is 5.69 Å². The van der Waals surface area contributed by atoms with E-state index in [1.54, 1.807) is 25.1 Å². The van der Waals surface area contributed by atoms with Gasteiger partial charge < -0.3 is 15.5 Å². The number of carbonyl (C=O) groups excluding carboxylic acids is 1. The molecule has 0 bridgehead atoms. The van der Waals surface area contributed by atoms with Gasteiger partial charge in [-0.1, -0.05) is 6.07 Å². The van der Waals surface area contributed by atoms with Crippen LogP contribution in [0.3, 0.4) is 0 Å². The van der Waals surface area contributed by atoms with Crippen molar-refractivity contribution in [3.8, 4) is 0 Å². The molecule has 1 amide bonds. The molecule has 0 aliphatic rings. The third-order valence-corrected chi connectivity index (χ3v) is 1.90. The van der Waals surface area contributed by atoms with Gasteiger partial charge in [0.2, 0.25) is 0 Å². The van der Waals surface area contributed by atoms with Crippen molar-refractivity contribution < 1.29 is 15.0 Å². The lowest BCUT2D eigenvalue weighted by atomic mass is 10.2. The highest BCUT2D eigenvalue weighted by molar-refractivity contribution is 5.92. The van der Waals surface area contributed by atoms with Crippen LogP contribution in [-0.2, 0) is 0 Å². The molecule has 1 aromatic rings. The van der Waals surface area contributed by atoms with Gasteiger partial charge in [-0.15, -0.1) is 0 Å². The molecule has 5 heteroatoms. The molecule has 82 valence electrons. The minimum Gasteiger partial charge on any atom is -0.394 e. The minimum atomic E-state index is -0.639. The zero-order valence-electron chi connectivity index (χ0n) is 8.47. The molecule has 0 aromatic carbocycles. The molecule has 0 saturated carbocycles. The monoisotopic (exact) mass is 210 g/mol. The molecule has 0 spiro atoms. The van der Waals surface area contributed by atoms with Gasteiger partial charge in [0.25, 0.3) is 5.91 Å². The van der Waals surface area contributed by atoms with E-state index in [1.807, 2.05) is 0 Å². The Bertz CT molecular complexity index is 337. The van der Waals surface area contributed by atoms with Gasteiger partial charge in [0, 0.05) is 5.69 Å². The van der Waals surface area contributed by atoms with Crippen LogP contribution < -0.4 is 5.32 Å². The Morgan fingerprint density at radius 3 is 2.67 bits per heavy atom. The van der Waals surface area contributed by atoms with Gasteiger partial charge >= 0.3 is 0 Å². The number of nitrogens with one attached hydrogen (secondary N) is 1. The fourth-order valence-corrected chi connectivity index (χ4v) is 1.08. The van der Waals surface area contributed by atoms with Gasteiger partial charge in [0.1, 0.15) is 5.69 Å². The number of carbonyl (C=O) groups is 1. The van der Waals surface area contributed by atoms with Crippen LogP contribution in [0.15, 0.2) is 18.2 Å². The first-order valence-corrected chi connectivity index (χ1v) is 4.63. The third-order valence-electron chi connectivity index (χ3n) is 1.90. The quantitative estimate of drug-likeness (QED) is 0.624. The van der Waals surface area contributed by atoms with E-state index in [9.17, 15) is 4.79 Å². The van der Waals surface area contributed by atoms with Crippen LogP contribution in [0.5, 0.6) is 0 Å². The molecule has 0 unspecified atom stereocenters. The minimum absolute atomic E-state index is 0.280. The van der Waals surface area contributed by atoms with E-state index < -0.39 is 11.9 Å². The number of hydrogen-bond acceptors (Lipinski definition) is 4. The maximum absolute atomic E-state index is 11.5. The van der Waals surface area contributed by atoms with Gasteiger partial charge in [0.05, 0.1) is 19.3 Å². The fraction of sp³-hybridized carbons (Fsp3) is 0.400. The van der Waals surface area contributed by atoms with E-state index in [0.29, 0.717) is 0 Å². The van der Waals surface area contributed by atoms with Crippen molar-refractivity contribution in [2.45, 2.75) is 13.0 Å². The number of amides is 1. The topological polar surface area (TPSA) is 82.5 Å². The summed E-state index contributed by atoms with van der Waals surface area (Å²) in [5.74, 6) is -0.396. The van der Waals surface area contributed by atoms with Crippen molar-refractivity contribution in [1.82, 2.24) is 10.3 Å². The number of aliphatic hydroxyl groups is 2. The molecule has 0 saturated heterocycles. The number of aliphatic hydroxyl groups excluding tert-OH is 2. The van der Waals surface area contributed by atoms with Crippen LogP contribution >= 0.6 is 0 Å². The summed E-state index contributed by atoms with van der Waals surface area (Å²) in [5, 5.41) is 20.0. The largest absolute Gasteiger partial charge is 0.394 e. The van der Waals surface area contributed by atoms with E-state index >= 15 is 0 Å². The SMILES string of the molecule is Cc1cccc(C(=O)NC(CO)CO)n1. The maximum atomic E-state index is 11.5. The second-order valence-corrected chi connectivity index (χ2v) is 3.20. The Kier molecular flexibility index (Phi) is 4.20. The Labute approximate surface area is 87.8 Å². The van der Waals surface area contributed by atoms with Crippen LogP contribution in [0, 0.1) is 6.92 Å². The van der Waals surface area contributed by atoms with Crippen molar-refractivity contribution in [3.05, 3.63) is 29.6 Å². The first-order chi connectivity index (χ1) is 7.17. The molecular weight excluding hydrogens is 196 g/mol. The van der Waals surface area contributed by atoms with Gasteiger partial charge in [-0.2, -0.15) is 0 Å². The average Bonchev–Trinajstić information content (AvgIpc) is 2.25. The lowest BCUT2D eigenvalue weighted by Crippen LogP contribution is -2.40. The zero-order valence-corrected chi connectivity index (χ0v) is 8.47. The molecule has 0 fully saturated rings. The molecule has 1 rings (SSSR count). The molecule has 0 atom stereocenters. The fourth-order valence-electron chi connectivity index (χ4n) is 1.08. The molecule has 1 aromatic heterocycles. The van der Waals surface area contributed by atoms with E-state index in [1.165, 1.54) is 0 Å². The Morgan fingerprint density at radius 2 is 2.13 bits per heavy atom. The second kappa shape index (κ2) is 5.43. The van der Waals surface area contributed by atoms with Crippen molar-refractivity contribution in [3.63, 3.8) is 0 Å². The summed E-state index contributed by atoms with van der Waals surface area (Å²) >= 11 is 0. The first kappa shape index (κ1) is 11.6. The molecular formula is C10H14N2O3. The maximum Gasteiger partial charge on any atom is 0.270 e. The molecule has 3 N–H and O–H groups in total. The predicted molar refractivity (Wildman–Crippen MR) is 54.4 cm³/mol. The van der Waals surface area contributed by atoms with Crippen molar-refractivity contribution in [1.29, 1.82) is 0 Å². The van der Waals surface area contributed by atoms with Crippen LogP contribution in [0.1, 0.15) is 16.2 Å². The number of nitrogens with zero attached hydrogens (tertiary/aromatic N) is 1. The molecule has 1 heterocycles. The van der Waals surface area contributed by atoms with Gasteiger partial charge in [-0.3, -0.25) is 4.79 Å². The van der Waals surface area contributed by atoms with Gasteiger partial charge in [0.15, 0.2) is 0 Å². The van der Waals surface area contributed by atoms with Gasteiger partial charge in [-0.25, -0.2) is 4.98 Å². The first-order valence-electron chi connectivity index (χ1n) is 4.63. The van der Waals surface area contributed by atoms with E-state index in [2.05, 4.69) is 10.3 Å². The highest BCUT2D eigenvalue weighted by atomic mass is 16.3. The second-order valence-electron chi connectivity index (χ2n) is 3.20. The van der Waals surface area contributed by atoms with Crippen LogP contribution in [-0.4, -0.2) is 40.4 Å². The van der Waals surface area contributed by atoms with Gasteiger partial charge in [-0.05, 0) is 19.1 Å². The summed E-state index contributed by atoms with van der Waals surface area (Å²) in [5.41, 5.74) is 1.02. The lowest BCUT2D eigenvalue weighted by Gasteiger charge is -2.12. The number of hydrogen-bond donors (Lipinski definition) is 3. The molecule has 0 aliphatic carbocycles. The summed E-state index contributed by atoms with van der Waals surface area (Å²) in [6, 6.07) is 4.45. The standard InChI is InChI=1S/C10H14N2O3/c1-7-3-2-4-9(11-7)10(15)12-8(5-13)6-14/h2-4,8,13-14H,5-6H2,1H3,(H,12,15). The molecule has 15 heavy (non-hydrogen) atoms. The average molecular weight is 210 g/mol. The van der Waals surface area contributed by atoms with Crippen molar-refractivity contribution >= 4 is 5.91 Å². The predicted octanol–water partition coefficient (Wildman–Crippen LogP) is -0.527. The number of rotatable bonds is 4. The third kappa shape index (κ3) is 3.30. The number of pyridine rings is 1. The van der Waals surface area contributed by atoms with E-state index in [-0.39, 0.29) is 18.9 Å². The number of aryl methyl sites for hydroxylation is 1. The smallest absolute Gasteiger partial charge is 0.270 e. The molecule has 0 radical (unpaired) electrons. The normalized spacial score (nSPS) is 10.4. The van der Waals surface area contributed by atoms with Crippen LogP contribution in [0.25, 0.3) is 0 Å². The lowest BCUT2D eigenvalue weighted by molar-refractivity contribution is 0.0874. The van der Waals surface area contributed by atoms with Crippen molar-refractivity contribution in [2.75, 3.05) is 13.2 Å². The molecule has 5 nitrogen and oxygen atoms in total. The summed E-state index contributed by atoms with van der Waals surface area (Å²) in [4.78, 5) is 15.5. The van der Waals surface area contributed by atoms with E-state index in [4.69, 9.17) is 10.2 Å². The summed E-state index contributed by atoms with van der Waals surface area (Å²) in [7, 11) is 0. The Hall–Kier alpha value is -1.46. The Morgan fingerprint density at radius 1 is 1.47 bits per heavy atom. The highest BCUT2D eigenvalue weighted by Gasteiger charge is 2.12. The molecule has 0 aliphatic heterocycles. The zero-order chi connectivity index (χ0) is 11.3. The highest BCUT2D eigenvalue weighted by Crippen LogP contribution is 1.98. The summed E-state index contributed by atoms with van der Waals surface area (Å²) in [6.07, 6.45) is 0.